The molecule has 208 valence electrons. The second-order valence-corrected chi connectivity index (χ2v) is 10.3. The van der Waals surface area contributed by atoms with Crippen LogP contribution in [-0.2, 0) is 25.7 Å². The van der Waals surface area contributed by atoms with E-state index in [4.69, 9.17) is 10.5 Å². The third kappa shape index (κ3) is 9.78. The van der Waals surface area contributed by atoms with Crippen LogP contribution in [-0.4, -0.2) is 46.9 Å². The molecule has 0 aliphatic rings. The van der Waals surface area contributed by atoms with Crippen LogP contribution in [0.15, 0.2) is 48.5 Å². The first-order chi connectivity index (χ1) is 18.3. The molecule has 0 fully saturated rings. The number of amides is 4. The number of nitriles is 1. The van der Waals surface area contributed by atoms with Crippen LogP contribution in [0.25, 0.3) is 0 Å². The number of nitrogens with two attached hydrogens (primary N) is 1. The van der Waals surface area contributed by atoms with Crippen LogP contribution in [0.2, 0.25) is 0 Å². The van der Waals surface area contributed by atoms with Gasteiger partial charge in [-0.1, -0.05) is 54.1 Å². The number of hydrogen-bond donors (Lipinski definition) is 3. The smallest absolute Gasteiger partial charge is 0.408 e. The summed E-state index contributed by atoms with van der Waals surface area (Å²) < 4.78 is 5.30. The predicted octanol–water partition coefficient (Wildman–Crippen LogP) is 3.17. The van der Waals surface area contributed by atoms with Crippen LogP contribution >= 0.6 is 0 Å². The molecule has 0 saturated heterocycles. The Hall–Kier alpha value is -4.39. The second-order valence-electron chi connectivity index (χ2n) is 10.3. The predicted molar refractivity (Wildman–Crippen MR) is 146 cm³/mol. The Morgan fingerprint density at radius 2 is 1.74 bits per heavy atom. The molecule has 0 radical (unpaired) electrons. The summed E-state index contributed by atoms with van der Waals surface area (Å²) in [6.45, 7) is 8.49. The summed E-state index contributed by atoms with van der Waals surface area (Å²) in [5.74, 6) is -1.89. The maximum Gasteiger partial charge on any atom is 0.408 e. The molecule has 0 bridgehead atoms. The minimum atomic E-state index is -1.27. The Kier molecular flexibility index (Phi) is 11.0. The quantitative estimate of drug-likeness (QED) is 0.376. The van der Waals surface area contributed by atoms with Gasteiger partial charge < -0.3 is 26.0 Å². The Morgan fingerprint density at radius 1 is 1.08 bits per heavy atom. The zero-order chi connectivity index (χ0) is 29.2. The number of ether oxygens (including phenoxy) is 1. The van der Waals surface area contributed by atoms with Gasteiger partial charge in [-0.2, -0.15) is 5.26 Å². The zero-order valence-electron chi connectivity index (χ0n) is 23.1. The van der Waals surface area contributed by atoms with Gasteiger partial charge >= 0.3 is 6.09 Å². The lowest BCUT2D eigenvalue weighted by molar-refractivity contribution is -0.142. The zero-order valence-corrected chi connectivity index (χ0v) is 23.1. The van der Waals surface area contributed by atoms with Crippen molar-refractivity contribution in [3.8, 4) is 6.07 Å². The minimum Gasteiger partial charge on any atom is -0.444 e. The maximum atomic E-state index is 13.9. The van der Waals surface area contributed by atoms with Crippen molar-refractivity contribution in [2.75, 3.05) is 6.54 Å². The lowest BCUT2D eigenvalue weighted by atomic mass is 9.96. The first-order valence-electron chi connectivity index (χ1n) is 12.7. The van der Waals surface area contributed by atoms with Crippen molar-refractivity contribution in [1.29, 1.82) is 5.26 Å². The summed E-state index contributed by atoms with van der Waals surface area (Å²) in [6, 6.07) is 14.2. The molecule has 0 aliphatic carbocycles. The highest BCUT2D eigenvalue weighted by Crippen LogP contribution is 2.27. The molecule has 4 N–H and O–H groups in total. The molecule has 0 heterocycles. The summed E-state index contributed by atoms with van der Waals surface area (Å²) in [5, 5.41) is 15.0. The van der Waals surface area contributed by atoms with Crippen LogP contribution in [0.3, 0.4) is 0 Å². The van der Waals surface area contributed by atoms with Gasteiger partial charge in [-0.25, -0.2) is 4.79 Å². The van der Waals surface area contributed by atoms with Crippen molar-refractivity contribution in [2.24, 2.45) is 5.73 Å². The van der Waals surface area contributed by atoms with Gasteiger partial charge in [-0.3, -0.25) is 14.4 Å². The van der Waals surface area contributed by atoms with Crippen LogP contribution in [0, 0.1) is 25.2 Å². The fraction of sp³-hybridized carbons (Fsp3) is 0.414. The van der Waals surface area contributed by atoms with E-state index < -0.39 is 48.0 Å². The maximum absolute atomic E-state index is 13.9. The summed E-state index contributed by atoms with van der Waals surface area (Å²) >= 11 is 0. The summed E-state index contributed by atoms with van der Waals surface area (Å²) in [7, 11) is 0. The highest BCUT2D eigenvalue weighted by Gasteiger charge is 2.37. The monoisotopic (exact) mass is 535 g/mol. The van der Waals surface area contributed by atoms with Gasteiger partial charge in [-0.15, -0.1) is 0 Å². The fourth-order valence-electron chi connectivity index (χ4n) is 4.03. The number of carbonyl (C=O) groups excluding carboxylic acids is 4. The average molecular weight is 536 g/mol. The number of carbonyl (C=O) groups is 4. The van der Waals surface area contributed by atoms with E-state index >= 15 is 0 Å². The van der Waals surface area contributed by atoms with Crippen LogP contribution in [0.5, 0.6) is 0 Å². The number of hydrogen-bond acceptors (Lipinski definition) is 6. The van der Waals surface area contributed by atoms with Gasteiger partial charge in [-0.05, 0) is 57.7 Å². The first-order valence-corrected chi connectivity index (χ1v) is 12.7. The Labute approximate surface area is 229 Å². The molecule has 39 heavy (non-hydrogen) atoms. The van der Waals surface area contributed by atoms with Crippen molar-refractivity contribution in [1.82, 2.24) is 15.5 Å². The van der Waals surface area contributed by atoms with Gasteiger partial charge in [0.2, 0.25) is 17.7 Å². The molecule has 0 aliphatic heterocycles. The van der Waals surface area contributed by atoms with E-state index in [0.29, 0.717) is 5.56 Å². The summed E-state index contributed by atoms with van der Waals surface area (Å²) in [4.78, 5) is 52.8. The highest BCUT2D eigenvalue weighted by molar-refractivity contribution is 5.92. The minimum absolute atomic E-state index is 0.138. The van der Waals surface area contributed by atoms with Crippen LogP contribution < -0.4 is 16.4 Å². The number of alkyl carbamates (subject to hydrolysis) is 1. The van der Waals surface area contributed by atoms with Crippen LogP contribution in [0.4, 0.5) is 4.79 Å². The Bertz CT molecular complexity index is 1220. The van der Waals surface area contributed by atoms with Gasteiger partial charge in [0, 0.05) is 13.0 Å². The van der Waals surface area contributed by atoms with E-state index in [9.17, 15) is 24.4 Å². The summed E-state index contributed by atoms with van der Waals surface area (Å²) in [5.41, 5.74) is 7.57. The van der Waals surface area contributed by atoms with Crippen molar-refractivity contribution in [2.45, 2.75) is 71.7 Å². The number of aryl methyl sites for hydroxylation is 2. The van der Waals surface area contributed by atoms with E-state index in [1.807, 2.05) is 62.4 Å². The van der Waals surface area contributed by atoms with E-state index in [1.165, 1.54) is 0 Å². The largest absolute Gasteiger partial charge is 0.444 e. The van der Waals surface area contributed by atoms with Crippen molar-refractivity contribution in [3.05, 3.63) is 70.8 Å². The number of rotatable bonds is 11. The number of primary amides is 1. The SMILES string of the molecule is Cc1ccc(C(C(=O)NCc2ccccc2)N(CC#N)C(=O)C(CCC(N)=O)NC(=O)OC(C)(C)C)c(C)c1. The fourth-order valence-corrected chi connectivity index (χ4v) is 4.03. The van der Waals surface area contributed by atoms with Crippen molar-refractivity contribution >= 4 is 23.8 Å². The third-order valence-corrected chi connectivity index (χ3v) is 5.78. The van der Waals surface area contributed by atoms with E-state index in [-0.39, 0.29) is 19.4 Å². The van der Waals surface area contributed by atoms with Crippen molar-refractivity contribution in [3.63, 3.8) is 0 Å². The second kappa shape index (κ2) is 14.0. The normalized spacial score (nSPS) is 12.4. The number of nitrogens with zero attached hydrogens (tertiary/aromatic N) is 2. The molecule has 10 heteroatoms. The van der Waals surface area contributed by atoms with Crippen molar-refractivity contribution < 1.29 is 23.9 Å². The molecular weight excluding hydrogens is 498 g/mol. The lowest BCUT2D eigenvalue weighted by Crippen LogP contribution is -2.53. The van der Waals surface area contributed by atoms with Crippen LogP contribution in [0.1, 0.15) is 61.9 Å². The molecule has 2 aromatic carbocycles. The molecule has 0 saturated carbocycles. The molecule has 0 spiro atoms. The molecular formula is C29H37N5O5. The standard InChI is InChI=1S/C29H37N5O5/c1-19-11-12-22(20(2)17-19)25(26(36)32-18-21-9-7-6-8-10-21)34(16-15-30)27(37)23(13-14-24(31)35)33-28(38)39-29(3,4)5/h6-12,17,23,25H,13-14,16,18H2,1-5H3,(H2,31,35)(H,32,36)(H,33,38). The third-order valence-electron chi connectivity index (χ3n) is 5.78. The van der Waals surface area contributed by atoms with E-state index in [1.54, 1.807) is 26.8 Å². The molecule has 2 atom stereocenters. The first kappa shape index (κ1) is 30.8. The summed E-state index contributed by atoms with van der Waals surface area (Å²) in [6.07, 6.45) is -1.22. The molecule has 2 rings (SSSR count). The number of benzene rings is 2. The molecule has 4 amide bonds. The van der Waals surface area contributed by atoms with E-state index in [2.05, 4.69) is 10.6 Å². The van der Waals surface area contributed by atoms with Gasteiger partial charge in [0.25, 0.3) is 0 Å². The topological polar surface area (TPSA) is 155 Å². The molecule has 2 aromatic rings. The number of nitrogens with one attached hydrogen (secondary N) is 2. The van der Waals surface area contributed by atoms with Gasteiger partial charge in [0.1, 0.15) is 24.2 Å². The molecule has 0 aromatic heterocycles. The lowest BCUT2D eigenvalue weighted by Gasteiger charge is -2.33. The molecule has 2 unspecified atom stereocenters. The highest BCUT2D eigenvalue weighted by atomic mass is 16.6. The Balaban J connectivity index is 2.49. The Morgan fingerprint density at radius 3 is 2.31 bits per heavy atom. The molecule has 10 nitrogen and oxygen atoms in total. The van der Waals surface area contributed by atoms with Gasteiger partial charge in [0.15, 0.2) is 0 Å². The van der Waals surface area contributed by atoms with Gasteiger partial charge in [0.05, 0.1) is 6.07 Å². The van der Waals surface area contributed by atoms with E-state index in [0.717, 1.165) is 21.6 Å². The average Bonchev–Trinajstić information content (AvgIpc) is 2.85.